The van der Waals surface area contributed by atoms with Crippen LogP contribution < -0.4 is 10.6 Å². The van der Waals surface area contributed by atoms with E-state index in [9.17, 15) is 9.59 Å². The van der Waals surface area contributed by atoms with E-state index >= 15 is 0 Å². The number of thiophene rings is 2. The van der Waals surface area contributed by atoms with Gasteiger partial charge in [0.2, 0.25) is 11.8 Å². The molecule has 0 atom stereocenters. The fourth-order valence-electron chi connectivity index (χ4n) is 7.36. The van der Waals surface area contributed by atoms with E-state index in [0.717, 1.165) is 64.3 Å². The second kappa shape index (κ2) is 17.6. The number of benzene rings is 3. The summed E-state index contributed by atoms with van der Waals surface area (Å²) in [6, 6.07) is 23.4. The number of aliphatic imine (C=N–C) groups is 1. The van der Waals surface area contributed by atoms with Gasteiger partial charge in [-0.2, -0.15) is 0 Å². The van der Waals surface area contributed by atoms with Crippen molar-refractivity contribution in [3.05, 3.63) is 121 Å². The van der Waals surface area contributed by atoms with Crippen LogP contribution in [0, 0.1) is 27.7 Å². The second-order valence-electron chi connectivity index (χ2n) is 14.5. The minimum Gasteiger partial charge on any atom is -0.356 e. The monoisotopic (exact) mass is 817 g/mol. The Hall–Kier alpha value is -5.10. The molecule has 0 fully saturated rings. The average molecular weight is 819 g/mol. The van der Waals surface area contributed by atoms with E-state index < -0.39 is 0 Å². The van der Waals surface area contributed by atoms with Gasteiger partial charge in [0, 0.05) is 80.7 Å². The molecular formula is C45H48ClN7O2S2. The second-order valence-corrected chi connectivity index (χ2v) is 17.1. The van der Waals surface area contributed by atoms with E-state index in [1.54, 1.807) is 22.7 Å². The van der Waals surface area contributed by atoms with Gasteiger partial charge in [-0.25, -0.2) is 0 Å². The molecule has 12 heteroatoms. The maximum absolute atomic E-state index is 12.3. The molecule has 0 unspecified atom stereocenters. The van der Waals surface area contributed by atoms with E-state index in [1.807, 2.05) is 31.2 Å². The summed E-state index contributed by atoms with van der Waals surface area (Å²) in [4.78, 5) is 30.6. The Morgan fingerprint density at radius 2 is 1.65 bits per heavy atom. The van der Waals surface area contributed by atoms with Crippen LogP contribution in [0.15, 0.2) is 77.1 Å². The standard InChI is InChI=1S/C28H33N3O2S.C17H15ClN4S/c1-4-31-25-12-9-21(17-30-28(33)8-6-5-7-13-29-20(3)32)15-24(25)23-11-10-22(16-26(23)31)27-14-19(2)18-34-27;1-9-10(2)23-17-15(9)16(12-4-6-13(18)7-5-12)19-8-14-21-20-11(3)22(14)17/h9-12,14-16,18H,4-8,13,17H2,1-3H3,(H,29,32)(H,30,33);4-7H,8H2,1-3H3. The highest BCUT2D eigenvalue weighted by Gasteiger charge is 2.26. The third-order valence-corrected chi connectivity index (χ3v) is 12.9. The lowest BCUT2D eigenvalue weighted by molar-refractivity contribution is -0.121. The van der Waals surface area contributed by atoms with E-state index in [0.29, 0.717) is 26.1 Å². The lowest BCUT2D eigenvalue weighted by Crippen LogP contribution is -2.23. The Bertz CT molecular complexity index is 2610. The number of fused-ring (bicyclic) bond motifs is 6. The minimum absolute atomic E-state index is 0.00481. The van der Waals surface area contributed by atoms with E-state index in [2.05, 4.69) is 106 Å². The van der Waals surface area contributed by atoms with E-state index in [1.165, 1.54) is 60.7 Å². The zero-order valence-electron chi connectivity index (χ0n) is 33.3. The Labute approximate surface area is 346 Å². The minimum atomic E-state index is -0.00481. The molecule has 0 bridgehead atoms. The van der Waals surface area contributed by atoms with Gasteiger partial charge in [-0.1, -0.05) is 48.4 Å². The fourth-order valence-corrected chi connectivity index (χ4v) is 9.61. The highest BCUT2D eigenvalue weighted by molar-refractivity contribution is 7.15. The predicted molar refractivity (Wildman–Crippen MR) is 236 cm³/mol. The van der Waals surface area contributed by atoms with Crippen molar-refractivity contribution in [2.75, 3.05) is 6.54 Å². The number of aromatic nitrogens is 4. The fraction of sp³-hybridized carbons (Fsp3) is 0.311. The first kappa shape index (κ1) is 40.1. The molecule has 0 saturated carbocycles. The molecule has 5 heterocycles. The molecule has 4 aromatic heterocycles. The molecule has 8 rings (SSSR count). The first-order valence-electron chi connectivity index (χ1n) is 19.5. The van der Waals surface area contributed by atoms with Crippen molar-refractivity contribution in [1.29, 1.82) is 0 Å². The lowest BCUT2D eigenvalue weighted by Gasteiger charge is -2.09. The van der Waals surface area contributed by atoms with Gasteiger partial charge < -0.3 is 15.2 Å². The first-order chi connectivity index (χ1) is 27.5. The number of rotatable bonds is 11. The molecular weight excluding hydrogens is 770 g/mol. The Morgan fingerprint density at radius 3 is 2.39 bits per heavy atom. The van der Waals surface area contributed by atoms with Crippen molar-refractivity contribution >= 4 is 73.6 Å². The number of carbonyl (C=O) groups is 2. The molecule has 0 radical (unpaired) electrons. The van der Waals surface area contributed by atoms with Crippen molar-refractivity contribution in [3.8, 4) is 15.4 Å². The molecule has 1 aliphatic heterocycles. The number of halogens is 1. The summed E-state index contributed by atoms with van der Waals surface area (Å²) in [6.45, 7) is 14.8. The normalized spacial score (nSPS) is 12.1. The van der Waals surface area contributed by atoms with Gasteiger partial charge in [0.25, 0.3) is 0 Å². The molecule has 294 valence electrons. The van der Waals surface area contributed by atoms with Crippen molar-refractivity contribution in [2.24, 2.45) is 4.99 Å². The van der Waals surface area contributed by atoms with Gasteiger partial charge in [-0.15, -0.1) is 32.9 Å². The first-order valence-corrected chi connectivity index (χ1v) is 21.5. The van der Waals surface area contributed by atoms with Crippen molar-refractivity contribution in [3.63, 3.8) is 0 Å². The van der Waals surface area contributed by atoms with Crippen molar-refractivity contribution in [1.82, 2.24) is 30.0 Å². The van der Waals surface area contributed by atoms with Crippen LogP contribution in [0.5, 0.6) is 0 Å². The molecule has 0 saturated heterocycles. The SMILES string of the molecule is CCn1c2ccc(CNC(=O)CCCCCNC(C)=O)cc2c2ccc(-c3cc(C)cs3)cc21.Cc1sc2c(c1C)C(c1ccc(Cl)cc1)=NCc1nnc(C)n1-2. The largest absolute Gasteiger partial charge is 0.356 e. The number of nitrogens with zero attached hydrogens (tertiary/aromatic N) is 5. The molecule has 1 aliphatic rings. The summed E-state index contributed by atoms with van der Waals surface area (Å²) in [5.41, 5.74) is 10.7. The summed E-state index contributed by atoms with van der Waals surface area (Å²) < 4.78 is 4.50. The number of carbonyl (C=O) groups excluding carboxylic acids is 2. The van der Waals surface area contributed by atoms with Crippen LogP contribution in [-0.4, -0.2) is 43.4 Å². The number of hydrogen-bond acceptors (Lipinski definition) is 7. The summed E-state index contributed by atoms with van der Waals surface area (Å²) >= 11 is 9.59. The van der Waals surface area contributed by atoms with Crippen molar-refractivity contribution in [2.45, 2.75) is 86.9 Å². The van der Waals surface area contributed by atoms with Crippen LogP contribution in [0.4, 0.5) is 0 Å². The smallest absolute Gasteiger partial charge is 0.220 e. The predicted octanol–water partition coefficient (Wildman–Crippen LogP) is 10.4. The zero-order chi connectivity index (χ0) is 40.2. The number of amides is 2. The van der Waals surface area contributed by atoms with E-state index in [-0.39, 0.29) is 11.8 Å². The number of nitrogens with one attached hydrogen (secondary N) is 2. The molecule has 0 spiro atoms. The molecule has 57 heavy (non-hydrogen) atoms. The average Bonchev–Trinajstić information content (AvgIpc) is 3.93. The van der Waals surface area contributed by atoms with Crippen LogP contribution >= 0.6 is 34.3 Å². The third kappa shape index (κ3) is 8.76. The van der Waals surface area contributed by atoms with Gasteiger partial charge in [-0.3, -0.25) is 19.1 Å². The summed E-state index contributed by atoms with van der Waals surface area (Å²) in [5, 5.41) is 20.9. The Balaban J connectivity index is 0.000000187. The number of hydrogen-bond donors (Lipinski definition) is 2. The van der Waals surface area contributed by atoms with Gasteiger partial charge in [0.15, 0.2) is 5.82 Å². The number of unbranched alkanes of at least 4 members (excludes halogenated alkanes) is 2. The molecule has 0 aliphatic carbocycles. The molecule has 9 nitrogen and oxygen atoms in total. The maximum atomic E-state index is 12.3. The van der Waals surface area contributed by atoms with Crippen LogP contribution in [0.1, 0.15) is 83.9 Å². The summed E-state index contributed by atoms with van der Waals surface area (Å²) in [7, 11) is 0. The van der Waals surface area contributed by atoms with Crippen LogP contribution in [0.25, 0.3) is 37.2 Å². The highest BCUT2D eigenvalue weighted by Crippen LogP contribution is 2.37. The molecule has 3 aromatic carbocycles. The van der Waals surface area contributed by atoms with Crippen molar-refractivity contribution < 1.29 is 9.59 Å². The van der Waals surface area contributed by atoms with Crippen LogP contribution in [0.3, 0.4) is 0 Å². The molecule has 7 aromatic rings. The summed E-state index contributed by atoms with van der Waals surface area (Å²) in [6.07, 6.45) is 3.19. The summed E-state index contributed by atoms with van der Waals surface area (Å²) in [5.74, 6) is 1.85. The Morgan fingerprint density at radius 1 is 0.860 bits per heavy atom. The highest BCUT2D eigenvalue weighted by atomic mass is 35.5. The molecule has 2 amide bonds. The van der Waals surface area contributed by atoms with Crippen LogP contribution in [0.2, 0.25) is 5.02 Å². The number of aryl methyl sites for hydroxylation is 4. The van der Waals surface area contributed by atoms with Crippen LogP contribution in [-0.2, 0) is 29.2 Å². The quantitative estimate of drug-likeness (QED) is 0.127. The van der Waals surface area contributed by atoms with E-state index in [4.69, 9.17) is 16.6 Å². The lowest BCUT2D eigenvalue weighted by atomic mass is 10.00. The van der Waals surface area contributed by atoms with Gasteiger partial charge >= 0.3 is 0 Å². The van der Waals surface area contributed by atoms with Gasteiger partial charge in [-0.05, 0) is 111 Å². The Kier molecular flexibility index (Phi) is 12.4. The topological polar surface area (TPSA) is 106 Å². The zero-order valence-corrected chi connectivity index (χ0v) is 35.7. The molecule has 2 N–H and O–H groups in total. The third-order valence-electron chi connectivity index (χ3n) is 10.4. The van der Waals surface area contributed by atoms with Gasteiger partial charge in [0.05, 0.1) is 5.71 Å². The van der Waals surface area contributed by atoms with Gasteiger partial charge in [0.1, 0.15) is 17.4 Å². The maximum Gasteiger partial charge on any atom is 0.220 e.